The molecule has 1 saturated heterocycles. The Morgan fingerprint density at radius 3 is 3.23 bits per heavy atom. The van der Waals surface area contributed by atoms with Gasteiger partial charge in [-0.2, -0.15) is 0 Å². The van der Waals surface area contributed by atoms with Crippen LogP contribution in [0.15, 0.2) is 12.2 Å². The summed E-state index contributed by atoms with van der Waals surface area (Å²) in [5, 5.41) is 0. The standard InChI is InChI=1S/C10H14O3/c11-10-8-4-1-2-5-9(8)12-6-3-7-13-10/h2,5,8-9H,1,3-4,6-7H2/t8-,9-/m1/s1. The van der Waals surface area contributed by atoms with Crippen LogP contribution < -0.4 is 0 Å². The average molecular weight is 182 g/mol. The summed E-state index contributed by atoms with van der Waals surface area (Å²) >= 11 is 0. The largest absolute Gasteiger partial charge is 0.465 e. The zero-order chi connectivity index (χ0) is 9.10. The molecule has 0 bridgehead atoms. The van der Waals surface area contributed by atoms with Gasteiger partial charge in [-0.3, -0.25) is 4.79 Å². The number of carbonyl (C=O) groups is 1. The molecule has 0 unspecified atom stereocenters. The van der Waals surface area contributed by atoms with Crippen LogP contribution in [0.4, 0.5) is 0 Å². The van der Waals surface area contributed by atoms with Gasteiger partial charge in [0, 0.05) is 6.42 Å². The van der Waals surface area contributed by atoms with Gasteiger partial charge in [-0.1, -0.05) is 12.2 Å². The molecule has 13 heavy (non-hydrogen) atoms. The lowest BCUT2D eigenvalue weighted by atomic mass is 9.91. The summed E-state index contributed by atoms with van der Waals surface area (Å²) in [7, 11) is 0. The monoisotopic (exact) mass is 182 g/mol. The van der Waals surface area contributed by atoms with E-state index in [0.29, 0.717) is 13.2 Å². The van der Waals surface area contributed by atoms with E-state index in [4.69, 9.17) is 9.47 Å². The maximum absolute atomic E-state index is 11.5. The fourth-order valence-electron chi connectivity index (χ4n) is 1.79. The predicted molar refractivity (Wildman–Crippen MR) is 47.2 cm³/mol. The van der Waals surface area contributed by atoms with E-state index < -0.39 is 0 Å². The summed E-state index contributed by atoms with van der Waals surface area (Å²) in [6, 6.07) is 0. The first-order chi connectivity index (χ1) is 6.38. The first-order valence-electron chi connectivity index (χ1n) is 4.83. The van der Waals surface area contributed by atoms with Crippen LogP contribution in [-0.4, -0.2) is 25.3 Å². The molecule has 3 nitrogen and oxygen atoms in total. The van der Waals surface area contributed by atoms with E-state index in [9.17, 15) is 4.79 Å². The molecule has 2 atom stereocenters. The molecule has 1 aliphatic carbocycles. The molecule has 0 saturated carbocycles. The Labute approximate surface area is 77.7 Å². The molecule has 3 heteroatoms. The maximum Gasteiger partial charge on any atom is 0.311 e. The van der Waals surface area contributed by atoms with Gasteiger partial charge in [-0.15, -0.1) is 0 Å². The number of allylic oxidation sites excluding steroid dienone is 1. The molecule has 1 aliphatic heterocycles. The zero-order valence-electron chi connectivity index (χ0n) is 7.57. The van der Waals surface area contributed by atoms with Crippen molar-refractivity contribution in [3.05, 3.63) is 12.2 Å². The van der Waals surface area contributed by atoms with E-state index in [2.05, 4.69) is 6.08 Å². The Morgan fingerprint density at radius 1 is 1.38 bits per heavy atom. The summed E-state index contributed by atoms with van der Waals surface area (Å²) < 4.78 is 10.7. The third kappa shape index (κ3) is 1.91. The second-order valence-electron chi connectivity index (χ2n) is 3.47. The smallest absolute Gasteiger partial charge is 0.311 e. The SMILES string of the molecule is O=C1OCCCO[C@@H]2C=CCC[C@@H]12. The average Bonchev–Trinajstić information content (AvgIpc) is 2.14. The zero-order valence-corrected chi connectivity index (χ0v) is 7.57. The Morgan fingerprint density at radius 2 is 2.31 bits per heavy atom. The van der Waals surface area contributed by atoms with Crippen LogP contribution in [0.25, 0.3) is 0 Å². The van der Waals surface area contributed by atoms with Gasteiger partial charge in [0.05, 0.1) is 25.2 Å². The summed E-state index contributed by atoms with van der Waals surface area (Å²) in [6.07, 6.45) is 6.65. The Balaban J connectivity index is 2.09. The van der Waals surface area contributed by atoms with E-state index in [1.54, 1.807) is 0 Å². The topological polar surface area (TPSA) is 35.5 Å². The van der Waals surface area contributed by atoms with Crippen molar-refractivity contribution in [2.24, 2.45) is 5.92 Å². The number of carbonyl (C=O) groups excluding carboxylic acids is 1. The van der Waals surface area contributed by atoms with E-state index in [1.807, 2.05) is 6.08 Å². The van der Waals surface area contributed by atoms with Gasteiger partial charge in [0.15, 0.2) is 0 Å². The van der Waals surface area contributed by atoms with Crippen LogP contribution in [0, 0.1) is 5.92 Å². The third-order valence-corrected chi connectivity index (χ3v) is 2.51. The number of ether oxygens (including phenoxy) is 2. The number of cyclic esters (lactones) is 1. The minimum atomic E-state index is -0.0888. The molecular formula is C10H14O3. The number of esters is 1. The maximum atomic E-state index is 11.5. The minimum absolute atomic E-state index is 0.0402. The first-order valence-corrected chi connectivity index (χ1v) is 4.83. The third-order valence-electron chi connectivity index (χ3n) is 2.51. The highest BCUT2D eigenvalue weighted by Gasteiger charge is 2.31. The molecule has 0 radical (unpaired) electrons. The lowest BCUT2D eigenvalue weighted by molar-refractivity contribution is -0.157. The summed E-state index contributed by atoms with van der Waals surface area (Å²) in [4.78, 5) is 11.5. The molecule has 0 N–H and O–H groups in total. The molecular weight excluding hydrogens is 168 g/mol. The molecule has 72 valence electrons. The molecule has 0 aromatic carbocycles. The molecule has 1 fully saturated rings. The van der Waals surface area contributed by atoms with Crippen molar-refractivity contribution in [1.82, 2.24) is 0 Å². The fraction of sp³-hybridized carbons (Fsp3) is 0.700. The molecule has 0 spiro atoms. The number of hydrogen-bond acceptors (Lipinski definition) is 3. The minimum Gasteiger partial charge on any atom is -0.465 e. The molecule has 0 aromatic rings. The predicted octanol–water partition coefficient (Wildman–Crippen LogP) is 1.28. The fourth-order valence-corrected chi connectivity index (χ4v) is 1.79. The van der Waals surface area contributed by atoms with Gasteiger partial charge < -0.3 is 9.47 Å². The van der Waals surface area contributed by atoms with Gasteiger partial charge in [0.1, 0.15) is 0 Å². The van der Waals surface area contributed by atoms with Crippen LogP contribution in [0.1, 0.15) is 19.3 Å². The first kappa shape index (κ1) is 8.75. The molecule has 1 heterocycles. The van der Waals surface area contributed by atoms with Crippen molar-refractivity contribution in [3.63, 3.8) is 0 Å². The van der Waals surface area contributed by atoms with Gasteiger partial charge in [0.25, 0.3) is 0 Å². The summed E-state index contributed by atoms with van der Waals surface area (Å²) in [5.74, 6) is -0.153. The van der Waals surface area contributed by atoms with Crippen LogP contribution in [-0.2, 0) is 14.3 Å². The lowest BCUT2D eigenvalue weighted by Crippen LogP contribution is -2.35. The van der Waals surface area contributed by atoms with E-state index in [1.165, 1.54) is 0 Å². The molecule has 2 aliphatic rings. The van der Waals surface area contributed by atoms with Crippen LogP contribution in [0.5, 0.6) is 0 Å². The van der Waals surface area contributed by atoms with Gasteiger partial charge >= 0.3 is 5.97 Å². The van der Waals surface area contributed by atoms with Crippen molar-refractivity contribution in [3.8, 4) is 0 Å². The highest BCUT2D eigenvalue weighted by atomic mass is 16.5. The Kier molecular flexibility index (Phi) is 2.64. The Bertz CT molecular complexity index is 222. The van der Waals surface area contributed by atoms with Crippen molar-refractivity contribution in [1.29, 1.82) is 0 Å². The van der Waals surface area contributed by atoms with Gasteiger partial charge in [-0.05, 0) is 12.8 Å². The lowest BCUT2D eigenvalue weighted by Gasteiger charge is -2.28. The summed E-state index contributed by atoms with van der Waals surface area (Å²) in [6.45, 7) is 1.20. The molecule has 2 rings (SSSR count). The second-order valence-corrected chi connectivity index (χ2v) is 3.47. The van der Waals surface area contributed by atoms with E-state index >= 15 is 0 Å². The summed E-state index contributed by atoms with van der Waals surface area (Å²) in [5.41, 5.74) is 0. The highest BCUT2D eigenvalue weighted by molar-refractivity contribution is 5.73. The normalized spacial score (nSPS) is 34.3. The van der Waals surface area contributed by atoms with E-state index in [-0.39, 0.29) is 18.0 Å². The molecule has 0 aromatic heterocycles. The quantitative estimate of drug-likeness (QED) is 0.418. The number of hydrogen-bond donors (Lipinski definition) is 0. The van der Waals surface area contributed by atoms with Crippen molar-refractivity contribution in [2.45, 2.75) is 25.4 Å². The van der Waals surface area contributed by atoms with Crippen LogP contribution in [0.3, 0.4) is 0 Å². The van der Waals surface area contributed by atoms with Crippen LogP contribution in [0.2, 0.25) is 0 Å². The van der Waals surface area contributed by atoms with Gasteiger partial charge in [-0.25, -0.2) is 0 Å². The second kappa shape index (κ2) is 3.92. The van der Waals surface area contributed by atoms with E-state index in [0.717, 1.165) is 19.3 Å². The number of rotatable bonds is 0. The van der Waals surface area contributed by atoms with Crippen molar-refractivity contribution >= 4 is 5.97 Å². The van der Waals surface area contributed by atoms with Crippen molar-refractivity contribution in [2.75, 3.05) is 13.2 Å². The van der Waals surface area contributed by atoms with Gasteiger partial charge in [0.2, 0.25) is 0 Å². The van der Waals surface area contributed by atoms with Crippen molar-refractivity contribution < 1.29 is 14.3 Å². The number of fused-ring (bicyclic) bond motifs is 1. The highest BCUT2D eigenvalue weighted by Crippen LogP contribution is 2.24. The Hall–Kier alpha value is -0.830. The molecule has 0 amide bonds. The van der Waals surface area contributed by atoms with Crippen LogP contribution >= 0.6 is 0 Å².